The van der Waals surface area contributed by atoms with Gasteiger partial charge in [-0.2, -0.15) is 5.01 Å². The maximum absolute atomic E-state index is 12.9. The van der Waals surface area contributed by atoms with E-state index in [1.54, 1.807) is 0 Å². The highest BCUT2D eigenvalue weighted by Gasteiger charge is 2.35. The van der Waals surface area contributed by atoms with E-state index in [0.29, 0.717) is 24.1 Å². The molecule has 0 aromatic rings. The van der Waals surface area contributed by atoms with E-state index < -0.39 is 0 Å². The molecule has 0 spiro atoms. The molecule has 194 valence electrons. The second kappa shape index (κ2) is 18.3. The van der Waals surface area contributed by atoms with Gasteiger partial charge in [-0.05, 0) is 19.3 Å². The van der Waals surface area contributed by atoms with Crippen molar-refractivity contribution in [1.82, 2.24) is 9.91 Å². The second-order valence-corrected chi connectivity index (χ2v) is 10.6. The van der Waals surface area contributed by atoms with Gasteiger partial charge in [-0.3, -0.25) is 14.5 Å². The topological polar surface area (TPSA) is 40.6 Å². The van der Waals surface area contributed by atoms with Crippen molar-refractivity contribution in [2.45, 2.75) is 136 Å². The van der Waals surface area contributed by atoms with E-state index in [1.165, 1.54) is 83.5 Å². The van der Waals surface area contributed by atoms with Crippen molar-refractivity contribution in [2.24, 2.45) is 0 Å². The molecule has 1 rings (SSSR count). The summed E-state index contributed by atoms with van der Waals surface area (Å²) in [4.78, 5) is 26.9. The molecule has 0 bridgehead atoms. The zero-order chi connectivity index (χ0) is 24.4. The summed E-state index contributed by atoms with van der Waals surface area (Å²) in [5.41, 5.74) is 0. The molecule has 0 aliphatic carbocycles. The monoisotopic (exact) mass is 466 g/mol. The molecule has 0 radical (unpaired) electrons. The highest BCUT2D eigenvalue weighted by Crippen LogP contribution is 2.19. The lowest BCUT2D eigenvalue weighted by atomic mass is 10.0. The van der Waals surface area contributed by atoms with Crippen LogP contribution in [0.3, 0.4) is 0 Å². The summed E-state index contributed by atoms with van der Waals surface area (Å²) in [7, 11) is 4.02. The first-order chi connectivity index (χ1) is 15.9. The molecule has 2 amide bonds. The predicted octanol–water partition coefficient (Wildman–Crippen LogP) is 7.06. The minimum atomic E-state index is 0.215. The molecule has 1 saturated heterocycles. The molecule has 1 heterocycles. The highest BCUT2D eigenvalue weighted by molar-refractivity contribution is 5.78. The fraction of sp³-hybridized carbons (Fsp3) is 0.929. The first-order valence-corrected chi connectivity index (χ1v) is 14.3. The van der Waals surface area contributed by atoms with Crippen LogP contribution in [0.5, 0.6) is 0 Å². The SMILES string of the molecule is CCCCCCCCCCCCCCCCCC(=O)N(C)[N+](C)(CCC)CN1CCCC1=O. The summed E-state index contributed by atoms with van der Waals surface area (Å²) >= 11 is 0. The molecule has 5 heteroatoms. The quantitative estimate of drug-likeness (QED) is 0.103. The van der Waals surface area contributed by atoms with Crippen molar-refractivity contribution in [3.63, 3.8) is 0 Å². The number of quaternary nitrogens is 1. The van der Waals surface area contributed by atoms with Crippen LogP contribution in [0.1, 0.15) is 136 Å². The second-order valence-electron chi connectivity index (χ2n) is 10.6. The summed E-state index contributed by atoms with van der Waals surface area (Å²) in [5, 5.41) is 1.89. The standard InChI is InChI=1S/C28H56N3O2/c1-5-7-8-9-10-11-12-13-14-15-16-17-18-19-20-22-27(32)29(3)31(4,25-6-2)26-30-24-21-23-28(30)33/h5-26H2,1-4H3/q+1. The number of rotatable bonds is 21. The van der Waals surface area contributed by atoms with Gasteiger partial charge in [0.25, 0.3) is 5.91 Å². The van der Waals surface area contributed by atoms with Crippen molar-refractivity contribution in [3.8, 4) is 0 Å². The van der Waals surface area contributed by atoms with E-state index in [9.17, 15) is 9.59 Å². The lowest BCUT2D eigenvalue weighted by molar-refractivity contribution is -1.01. The minimum absolute atomic E-state index is 0.215. The molecule has 0 aromatic carbocycles. The fourth-order valence-corrected chi connectivity index (χ4v) is 5.10. The van der Waals surface area contributed by atoms with E-state index in [4.69, 9.17) is 0 Å². The van der Waals surface area contributed by atoms with E-state index >= 15 is 0 Å². The molecule has 0 aromatic heterocycles. The number of hydrogen-bond acceptors (Lipinski definition) is 2. The Labute approximate surface area is 205 Å². The van der Waals surface area contributed by atoms with Crippen LogP contribution in [0.2, 0.25) is 0 Å². The largest absolute Gasteiger partial charge is 0.294 e. The van der Waals surface area contributed by atoms with Gasteiger partial charge < -0.3 is 0 Å². The zero-order valence-corrected chi connectivity index (χ0v) is 22.7. The average molecular weight is 467 g/mol. The lowest BCUT2D eigenvalue weighted by Crippen LogP contribution is -2.62. The van der Waals surface area contributed by atoms with Crippen LogP contribution in [0, 0.1) is 0 Å². The Morgan fingerprint density at radius 3 is 1.73 bits per heavy atom. The Morgan fingerprint density at radius 2 is 1.30 bits per heavy atom. The van der Waals surface area contributed by atoms with Gasteiger partial charge in [0.15, 0.2) is 6.67 Å². The van der Waals surface area contributed by atoms with Gasteiger partial charge in [0.2, 0.25) is 5.91 Å². The minimum Gasteiger partial charge on any atom is -0.294 e. The fourth-order valence-electron chi connectivity index (χ4n) is 5.10. The predicted molar refractivity (Wildman–Crippen MR) is 139 cm³/mol. The van der Waals surface area contributed by atoms with E-state index in [1.807, 2.05) is 17.0 Å². The van der Waals surface area contributed by atoms with Crippen molar-refractivity contribution < 1.29 is 14.2 Å². The van der Waals surface area contributed by atoms with Gasteiger partial charge in [-0.25, -0.2) is 4.59 Å². The molecule has 1 aliphatic rings. The Balaban J connectivity index is 2.08. The van der Waals surface area contributed by atoms with Gasteiger partial charge in [0.05, 0.1) is 14.1 Å². The Kier molecular flexibility index (Phi) is 16.6. The van der Waals surface area contributed by atoms with Gasteiger partial charge in [0, 0.05) is 19.4 Å². The molecule has 5 nitrogen and oxygen atoms in total. The van der Waals surface area contributed by atoms with E-state index in [2.05, 4.69) is 20.9 Å². The Bertz CT molecular complexity index is 525. The molecule has 1 unspecified atom stereocenters. The van der Waals surface area contributed by atoms with E-state index in [0.717, 1.165) is 38.8 Å². The van der Waals surface area contributed by atoms with E-state index in [-0.39, 0.29) is 11.8 Å². The molecular formula is C28H56N3O2+. The van der Waals surface area contributed by atoms with Gasteiger partial charge in [-0.1, -0.05) is 104 Å². The molecular weight excluding hydrogens is 410 g/mol. The molecule has 1 fully saturated rings. The number of nitrogens with zero attached hydrogens (tertiary/aromatic N) is 3. The van der Waals surface area contributed by atoms with Gasteiger partial charge >= 0.3 is 0 Å². The number of likely N-dealkylation sites (tertiary alicyclic amines) is 1. The Hall–Kier alpha value is -1.10. The first-order valence-electron chi connectivity index (χ1n) is 14.3. The van der Waals surface area contributed by atoms with Crippen LogP contribution in [-0.2, 0) is 9.59 Å². The molecule has 0 N–H and O–H groups in total. The highest BCUT2D eigenvalue weighted by atomic mass is 16.2. The third kappa shape index (κ3) is 12.8. The Morgan fingerprint density at radius 1 is 0.818 bits per heavy atom. The molecule has 1 aliphatic heterocycles. The maximum atomic E-state index is 12.9. The van der Waals surface area contributed by atoms with Crippen molar-refractivity contribution in [2.75, 3.05) is 33.9 Å². The summed E-state index contributed by atoms with van der Waals surface area (Å²) in [6.07, 6.45) is 23.3. The van der Waals surface area contributed by atoms with Gasteiger partial charge in [0.1, 0.15) is 6.54 Å². The van der Waals surface area contributed by atoms with Crippen molar-refractivity contribution in [1.29, 1.82) is 0 Å². The third-order valence-corrected chi connectivity index (χ3v) is 7.43. The number of carbonyl (C=O) groups is 2. The number of unbranched alkanes of at least 4 members (excludes halogenated alkanes) is 14. The number of carbonyl (C=O) groups excluding carboxylic acids is 2. The summed E-state index contributed by atoms with van der Waals surface area (Å²) in [6, 6.07) is 0. The number of amides is 2. The number of hydrogen-bond donors (Lipinski definition) is 0. The van der Waals surface area contributed by atoms with Crippen LogP contribution >= 0.6 is 0 Å². The van der Waals surface area contributed by atoms with Crippen LogP contribution in [0.4, 0.5) is 0 Å². The van der Waals surface area contributed by atoms with Crippen LogP contribution in [0.25, 0.3) is 0 Å². The first kappa shape index (κ1) is 29.9. The smallest absolute Gasteiger partial charge is 0.267 e. The lowest BCUT2D eigenvalue weighted by Gasteiger charge is -2.42. The zero-order valence-electron chi connectivity index (χ0n) is 22.7. The maximum Gasteiger partial charge on any atom is 0.267 e. The molecule has 1 atom stereocenters. The van der Waals surface area contributed by atoms with Crippen LogP contribution in [0.15, 0.2) is 0 Å². The van der Waals surface area contributed by atoms with Crippen LogP contribution < -0.4 is 0 Å². The average Bonchev–Trinajstić information content (AvgIpc) is 3.19. The summed E-state index contributed by atoms with van der Waals surface area (Å²) in [6.45, 7) is 6.76. The summed E-state index contributed by atoms with van der Waals surface area (Å²) in [5.74, 6) is 0.450. The van der Waals surface area contributed by atoms with Crippen molar-refractivity contribution in [3.05, 3.63) is 0 Å². The van der Waals surface area contributed by atoms with Crippen LogP contribution in [-0.4, -0.2) is 60.2 Å². The molecule has 33 heavy (non-hydrogen) atoms. The summed E-state index contributed by atoms with van der Waals surface area (Å²) < 4.78 is 0.514. The van der Waals surface area contributed by atoms with Crippen molar-refractivity contribution >= 4 is 11.8 Å². The third-order valence-electron chi connectivity index (χ3n) is 7.43. The normalized spacial score (nSPS) is 15.8. The van der Waals surface area contributed by atoms with Gasteiger partial charge in [-0.15, -0.1) is 0 Å². The molecule has 0 saturated carbocycles.